The number of nitrogens with one attached hydrogen (secondary N) is 3. The van der Waals surface area contributed by atoms with Crippen molar-refractivity contribution < 1.29 is 20.1 Å². The molecule has 6 N–H and O–H groups in total. The number of hydrogen-bond donors (Lipinski definition) is 6. The number of aromatic hydroxyl groups is 1. The van der Waals surface area contributed by atoms with Gasteiger partial charge in [-0.1, -0.05) is 59.8 Å². The van der Waals surface area contributed by atoms with E-state index in [9.17, 15) is 24.9 Å². The second kappa shape index (κ2) is 16.0. The molecule has 0 bridgehead atoms. The summed E-state index contributed by atoms with van der Waals surface area (Å²) >= 11 is 0. The van der Waals surface area contributed by atoms with Gasteiger partial charge in [0.2, 0.25) is 5.56 Å². The number of rotatable bonds is 13. The van der Waals surface area contributed by atoms with Crippen molar-refractivity contribution >= 4 is 33.7 Å². The summed E-state index contributed by atoms with van der Waals surface area (Å²) in [4.78, 5) is 28.8. The smallest absolute Gasteiger partial charge is 0.412 e. The second-order valence-corrected chi connectivity index (χ2v) is 13.8. The van der Waals surface area contributed by atoms with E-state index in [1.807, 2.05) is 60.3 Å². The number of fused-ring (bicyclic) bond motifs is 2. The number of carbonyl (C=O) groups is 1. The van der Waals surface area contributed by atoms with Crippen molar-refractivity contribution in [2.45, 2.75) is 69.8 Å². The average molecular weight is 716 g/mol. The molecular formula is C41H45N7O5. The van der Waals surface area contributed by atoms with Crippen LogP contribution in [0.15, 0.2) is 95.8 Å². The molecule has 12 nitrogen and oxygen atoms in total. The second-order valence-electron chi connectivity index (χ2n) is 13.8. The van der Waals surface area contributed by atoms with Gasteiger partial charge in [-0.15, -0.1) is 5.10 Å². The summed E-state index contributed by atoms with van der Waals surface area (Å²) in [7, 11) is 1.97. The molecule has 0 saturated heterocycles. The van der Waals surface area contributed by atoms with Gasteiger partial charge in [0.1, 0.15) is 11.3 Å². The van der Waals surface area contributed by atoms with E-state index in [-0.39, 0.29) is 23.9 Å². The summed E-state index contributed by atoms with van der Waals surface area (Å²) in [5.41, 5.74) is 7.00. The number of phenols is 1. The van der Waals surface area contributed by atoms with Gasteiger partial charge >= 0.3 is 6.09 Å². The lowest BCUT2D eigenvalue weighted by atomic mass is 9.89. The Morgan fingerprint density at radius 1 is 0.981 bits per heavy atom. The Labute approximate surface area is 307 Å². The van der Waals surface area contributed by atoms with Crippen LogP contribution in [0.3, 0.4) is 0 Å². The van der Waals surface area contributed by atoms with Gasteiger partial charge in [0.25, 0.3) is 0 Å². The topological polar surface area (TPSA) is 169 Å². The number of nitrogens with zero attached hydrogens (tertiary/aromatic N) is 4. The van der Waals surface area contributed by atoms with Gasteiger partial charge in [0, 0.05) is 48.7 Å². The summed E-state index contributed by atoms with van der Waals surface area (Å²) in [6, 6.07) is 28.7. The molecule has 1 amide bonds. The van der Waals surface area contributed by atoms with E-state index in [0.717, 1.165) is 77.5 Å². The number of H-pyrrole nitrogens is 1. The quantitative estimate of drug-likeness (QED) is 0.0826. The number of carboxylic acid groups (broad SMARTS) is 1. The standard InChI is InChI=1S/C41H45N7O5/c1-42-29-11-13-30(14-12-29)48(41(52)53)36-23-26(9-15-31(36)28-7-3-2-4-8-28)6-5-21-47-35-18-10-27(22-34(35)45-46-47)24-43-25-38(50)32-16-19-37(49)40-33(32)17-20-39(51)44-40/h2-4,7-10,15-20,22-23,29-30,38,42-43,49-50H,5-6,11-14,21,24-25H2,1H3,(H,44,51)(H,52,53). The fourth-order valence-corrected chi connectivity index (χ4v) is 7.61. The Balaban J connectivity index is 1.00. The Morgan fingerprint density at radius 3 is 2.55 bits per heavy atom. The molecule has 4 aromatic carbocycles. The molecule has 0 aliphatic heterocycles. The van der Waals surface area contributed by atoms with Gasteiger partial charge in [-0.05, 0) is 98.2 Å². The number of aryl methyl sites for hydroxylation is 2. The lowest BCUT2D eigenvalue weighted by molar-refractivity contribution is 0.176. The van der Waals surface area contributed by atoms with E-state index >= 15 is 0 Å². The SMILES string of the molecule is CNC1CCC(N(C(=O)O)c2cc(CCCn3nnc4cc(CNCC(O)c5ccc(O)c6[nH]c(=O)ccc56)ccc43)ccc2-c2ccccc2)CC1. The molecule has 2 heterocycles. The first-order chi connectivity index (χ1) is 25.8. The average Bonchev–Trinajstić information content (AvgIpc) is 3.58. The Bertz CT molecular complexity index is 2260. The van der Waals surface area contributed by atoms with Gasteiger partial charge < -0.3 is 30.9 Å². The molecular weight excluding hydrogens is 670 g/mol. The monoisotopic (exact) mass is 715 g/mol. The molecule has 1 atom stereocenters. The largest absolute Gasteiger partial charge is 0.506 e. The van der Waals surface area contributed by atoms with Crippen LogP contribution in [0, 0.1) is 0 Å². The van der Waals surface area contributed by atoms with E-state index in [4.69, 9.17) is 0 Å². The Kier molecular flexibility index (Phi) is 10.8. The number of benzene rings is 4. The number of aromatic amines is 1. The predicted octanol–water partition coefficient (Wildman–Crippen LogP) is 6.12. The molecule has 7 rings (SSSR count). The molecule has 1 aliphatic carbocycles. The highest BCUT2D eigenvalue weighted by Gasteiger charge is 2.31. The van der Waals surface area contributed by atoms with Crippen LogP contribution in [0.1, 0.15) is 54.9 Å². The summed E-state index contributed by atoms with van der Waals surface area (Å²) in [5.74, 6) is -0.0464. The third-order valence-electron chi connectivity index (χ3n) is 10.4. The minimum atomic E-state index is -0.920. The van der Waals surface area contributed by atoms with Crippen LogP contribution in [0.2, 0.25) is 0 Å². The van der Waals surface area contributed by atoms with Crippen molar-refractivity contribution in [1.29, 1.82) is 0 Å². The lowest BCUT2D eigenvalue weighted by Crippen LogP contribution is -2.44. The zero-order valence-corrected chi connectivity index (χ0v) is 29.7. The highest BCUT2D eigenvalue weighted by molar-refractivity contribution is 5.94. The maximum Gasteiger partial charge on any atom is 0.412 e. The molecule has 0 radical (unpaired) electrons. The number of phenolic OH excluding ortho intramolecular Hbond substituents is 1. The number of anilines is 1. The zero-order chi connectivity index (χ0) is 36.9. The molecule has 6 aromatic rings. The first-order valence-corrected chi connectivity index (χ1v) is 18.2. The van der Waals surface area contributed by atoms with Gasteiger partial charge in [-0.25, -0.2) is 9.48 Å². The van der Waals surface area contributed by atoms with Gasteiger partial charge in [0.15, 0.2) is 0 Å². The molecule has 1 saturated carbocycles. The number of aliphatic hydroxyl groups is 1. The van der Waals surface area contributed by atoms with Crippen LogP contribution in [-0.4, -0.2) is 67.1 Å². The minimum Gasteiger partial charge on any atom is -0.506 e. The van der Waals surface area contributed by atoms with Crippen molar-refractivity contribution in [1.82, 2.24) is 30.6 Å². The normalized spacial score (nSPS) is 16.6. The molecule has 12 heteroatoms. The third-order valence-corrected chi connectivity index (χ3v) is 10.4. The maximum atomic E-state index is 12.8. The number of amides is 1. The highest BCUT2D eigenvalue weighted by atomic mass is 16.4. The van der Waals surface area contributed by atoms with Crippen molar-refractivity contribution in [3.8, 4) is 16.9 Å². The predicted molar refractivity (Wildman–Crippen MR) is 206 cm³/mol. The van der Waals surface area contributed by atoms with Crippen LogP contribution < -0.4 is 21.1 Å². The van der Waals surface area contributed by atoms with E-state index in [0.29, 0.717) is 35.6 Å². The summed E-state index contributed by atoms with van der Waals surface area (Å²) in [6.07, 6.45) is 3.29. The summed E-state index contributed by atoms with van der Waals surface area (Å²) in [5, 5.41) is 47.7. The molecule has 0 spiro atoms. The van der Waals surface area contributed by atoms with Gasteiger partial charge in [-0.3, -0.25) is 9.69 Å². The Morgan fingerprint density at radius 2 is 1.77 bits per heavy atom. The zero-order valence-electron chi connectivity index (χ0n) is 29.7. The third kappa shape index (κ3) is 7.95. The molecule has 1 unspecified atom stereocenters. The summed E-state index contributed by atoms with van der Waals surface area (Å²) < 4.78 is 1.90. The number of aromatic nitrogens is 4. The number of aliphatic hydroxyl groups excluding tert-OH is 1. The van der Waals surface area contributed by atoms with Crippen LogP contribution in [-0.2, 0) is 19.5 Å². The van der Waals surface area contributed by atoms with Crippen molar-refractivity contribution in [3.05, 3.63) is 118 Å². The van der Waals surface area contributed by atoms with Crippen LogP contribution >= 0.6 is 0 Å². The van der Waals surface area contributed by atoms with Crippen LogP contribution in [0.4, 0.5) is 10.5 Å². The van der Waals surface area contributed by atoms with E-state index in [1.165, 1.54) is 12.1 Å². The lowest BCUT2D eigenvalue weighted by Gasteiger charge is -2.36. The molecule has 274 valence electrons. The number of hydrogen-bond acceptors (Lipinski definition) is 8. The van der Waals surface area contributed by atoms with Crippen molar-refractivity contribution in [3.63, 3.8) is 0 Å². The van der Waals surface area contributed by atoms with Crippen LogP contribution in [0.25, 0.3) is 33.1 Å². The van der Waals surface area contributed by atoms with Gasteiger partial charge in [-0.2, -0.15) is 0 Å². The molecule has 2 aromatic heterocycles. The number of pyridine rings is 1. The van der Waals surface area contributed by atoms with Crippen molar-refractivity contribution in [2.75, 3.05) is 18.5 Å². The highest BCUT2D eigenvalue weighted by Crippen LogP contribution is 2.37. The first-order valence-electron chi connectivity index (χ1n) is 18.2. The van der Waals surface area contributed by atoms with E-state index < -0.39 is 12.2 Å². The molecule has 1 fully saturated rings. The van der Waals surface area contributed by atoms with Crippen LogP contribution in [0.5, 0.6) is 5.75 Å². The Hall–Kier alpha value is -5.56. The fourth-order valence-electron chi connectivity index (χ4n) is 7.61. The molecule has 53 heavy (non-hydrogen) atoms. The first kappa shape index (κ1) is 35.8. The van der Waals surface area contributed by atoms with Gasteiger partial charge in [0.05, 0.1) is 22.8 Å². The summed E-state index contributed by atoms with van der Waals surface area (Å²) in [6.45, 7) is 1.41. The minimum absolute atomic E-state index is 0.0464. The van der Waals surface area contributed by atoms with Crippen molar-refractivity contribution in [2.24, 2.45) is 0 Å². The van der Waals surface area contributed by atoms with E-state index in [1.54, 1.807) is 17.0 Å². The maximum absolute atomic E-state index is 12.8. The molecule has 1 aliphatic rings. The fraction of sp³-hybridized carbons (Fsp3) is 0.317. The van der Waals surface area contributed by atoms with E-state index in [2.05, 4.69) is 44.1 Å².